The predicted octanol–water partition coefficient (Wildman–Crippen LogP) is 0.266. The Morgan fingerprint density at radius 3 is 2.71 bits per heavy atom. The first-order chi connectivity index (χ1) is 7.92. The standard InChI is InChI=1S/C11H17NO4S/c1-17(14,15)16-10-7-2-6-3-8(5-7)11(13)12-9(10)4-6/h6-10H,2-5H2,1H3,(H,12,13)/t6?,7?,8?,9?,10-/m0/s1. The third kappa shape index (κ3) is 2.08. The van der Waals surface area contributed by atoms with Crippen LogP contribution in [0.15, 0.2) is 0 Å². The predicted molar refractivity (Wildman–Crippen MR) is 60.6 cm³/mol. The molecule has 2 saturated carbocycles. The van der Waals surface area contributed by atoms with Gasteiger partial charge in [0, 0.05) is 5.92 Å². The van der Waals surface area contributed by atoms with Crippen LogP contribution in [0.2, 0.25) is 0 Å². The Morgan fingerprint density at radius 1 is 1.24 bits per heavy atom. The van der Waals surface area contributed by atoms with Crippen molar-refractivity contribution in [3.8, 4) is 0 Å². The number of nitrogens with one attached hydrogen (secondary N) is 1. The molecule has 4 unspecified atom stereocenters. The van der Waals surface area contributed by atoms with Crippen molar-refractivity contribution in [1.82, 2.24) is 5.32 Å². The SMILES string of the molecule is CS(=O)(=O)O[C@H]1C2CC3CC(C2)C(=O)NC1C3. The molecule has 1 N–H and O–H groups in total. The average molecular weight is 259 g/mol. The Morgan fingerprint density at radius 2 is 2.00 bits per heavy atom. The highest BCUT2D eigenvalue weighted by atomic mass is 32.2. The van der Waals surface area contributed by atoms with Crippen molar-refractivity contribution in [2.24, 2.45) is 17.8 Å². The van der Waals surface area contributed by atoms with Gasteiger partial charge in [0.05, 0.1) is 12.3 Å². The highest BCUT2D eigenvalue weighted by Gasteiger charge is 2.50. The van der Waals surface area contributed by atoms with E-state index in [1.807, 2.05) is 0 Å². The van der Waals surface area contributed by atoms with Gasteiger partial charge in [0.25, 0.3) is 10.1 Å². The van der Waals surface area contributed by atoms with E-state index in [4.69, 9.17) is 4.18 Å². The molecule has 4 fully saturated rings. The van der Waals surface area contributed by atoms with Crippen molar-refractivity contribution >= 4 is 16.0 Å². The van der Waals surface area contributed by atoms with E-state index in [2.05, 4.69) is 5.32 Å². The van der Waals surface area contributed by atoms with E-state index >= 15 is 0 Å². The first-order valence-corrected chi connectivity index (χ1v) is 7.92. The van der Waals surface area contributed by atoms with Crippen LogP contribution in [0.1, 0.15) is 25.7 Å². The van der Waals surface area contributed by atoms with E-state index in [1.165, 1.54) is 0 Å². The second-order valence-electron chi connectivity index (χ2n) is 5.65. The van der Waals surface area contributed by atoms with Crippen molar-refractivity contribution in [1.29, 1.82) is 0 Å². The summed E-state index contributed by atoms with van der Waals surface area (Å²) in [6, 6.07) is -0.117. The molecule has 2 heterocycles. The summed E-state index contributed by atoms with van der Waals surface area (Å²) in [4.78, 5) is 11.9. The maximum atomic E-state index is 11.9. The summed E-state index contributed by atoms with van der Waals surface area (Å²) in [5, 5.41) is 2.95. The van der Waals surface area contributed by atoms with Crippen LogP contribution < -0.4 is 5.32 Å². The van der Waals surface area contributed by atoms with E-state index in [9.17, 15) is 13.2 Å². The van der Waals surface area contributed by atoms with Gasteiger partial charge in [-0.15, -0.1) is 0 Å². The van der Waals surface area contributed by atoms with Crippen LogP contribution in [0.5, 0.6) is 0 Å². The fraction of sp³-hybridized carbons (Fsp3) is 0.909. The summed E-state index contributed by atoms with van der Waals surface area (Å²) >= 11 is 0. The van der Waals surface area contributed by atoms with Gasteiger partial charge in [-0.3, -0.25) is 8.98 Å². The molecule has 0 aromatic heterocycles. The smallest absolute Gasteiger partial charge is 0.264 e. The van der Waals surface area contributed by atoms with Crippen molar-refractivity contribution < 1.29 is 17.4 Å². The Kier molecular flexibility index (Phi) is 2.49. The van der Waals surface area contributed by atoms with E-state index in [0.717, 1.165) is 31.9 Å². The summed E-state index contributed by atoms with van der Waals surface area (Å²) in [5.41, 5.74) is 0. The minimum Gasteiger partial charge on any atom is -0.350 e. The first kappa shape index (κ1) is 11.5. The van der Waals surface area contributed by atoms with E-state index in [0.29, 0.717) is 5.92 Å². The van der Waals surface area contributed by atoms with Gasteiger partial charge < -0.3 is 5.32 Å². The molecule has 4 bridgehead atoms. The Balaban J connectivity index is 1.89. The lowest BCUT2D eigenvalue weighted by Gasteiger charge is -2.42. The Hall–Kier alpha value is -0.620. The van der Waals surface area contributed by atoms with Crippen LogP contribution in [0.4, 0.5) is 0 Å². The lowest BCUT2D eigenvalue weighted by atomic mass is 9.67. The van der Waals surface area contributed by atoms with Crippen LogP contribution in [0.3, 0.4) is 0 Å². The molecule has 6 heteroatoms. The average Bonchev–Trinajstić information content (AvgIpc) is 2.35. The molecule has 96 valence electrons. The molecule has 0 spiro atoms. The second-order valence-corrected chi connectivity index (χ2v) is 7.25. The summed E-state index contributed by atoms with van der Waals surface area (Å²) in [6.45, 7) is 0. The fourth-order valence-electron chi connectivity index (χ4n) is 3.77. The zero-order valence-corrected chi connectivity index (χ0v) is 10.6. The highest BCUT2D eigenvalue weighted by molar-refractivity contribution is 7.86. The van der Waals surface area contributed by atoms with E-state index < -0.39 is 10.1 Å². The topological polar surface area (TPSA) is 72.5 Å². The molecule has 0 radical (unpaired) electrons. The maximum Gasteiger partial charge on any atom is 0.264 e. The summed E-state index contributed by atoms with van der Waals surface area (Å²) in [6.07, 6.45) is 4.33. The van der Waals surface area contributed by atoms with Crippen molar-refractivity contribution in [3.63, 3.8) is 0 Å². The number of carbonyl (C=O) groups excluding carboxylic acids is 1. The number of carbonyl (C=O) groups is 1. The lowest BCUT2D eigenvalue weighted by Crippen LogP contribution is -2.49. The van der Waals surface area contributed by atoms with Gasteiger partial charge in [0.15, 0.2) is 0 Å². The van der Waals surface area contributed by atoms with Gasteiger partial charge in [-0.2, -0.15) is 8.42 Å². The second kappa shape index (κ2) is 3.68. The maximum absolute atomic E-state index is 11.9. The lowest BCUT2D eigenvalue weighted by molar-refractivity contribution is -0.125. The monoisotopic (exact) mass is 259 g/mol. The van der Waals surface area contributed by atoms with Gasteiger partial charge in [-0.05, 0) is 37.5 Å². The van der Waals surface area contributed by atoms with Gasteiger partial charge in [-0.1, -0.05) is 0 Å². The van der Waals surface area contributed by atoms with Crippen LogP contribution in [-0.4, -0.2) is 32.7 Å². The minimum atomic E-state index is -3.45. The van der Waals surface area contributed by atoms with Crippen molar-refractivity contribution in [3.05, 3.63) is 0 Å². The van der Waals surface area contributed by atoms with Gasteiger partial charge in [-0.25, -0.2) is 0 Å². The number of rotatable bonds is 2. The molecule has 1 amide bonds. The molecule has 0 aromatic rings. The molecule has 4 rings (SSSR count). The zero-order valence-electron chi connectivity index (χ0n) is 9.76. The molecule has 4 aliphatic rings. The molecule has 5 nitrogen and oxygen atoms in total. The van der Waals surface area contributed by atoms with Gasteiger partial charge in [0.1, 0.15) is 6.10 Å². The third-order valence-electron chi connectivity index (χ3n) is 4.27. The first-order valence-electron chi connectivity index (χ1n) is 6.11. The highest BCUT2D eigenvalue weighted by Crippen LogP contribution is 2.46. The quantitative estimate of drug-likeness (QED) is 0.722. The zero-order chi connectivity index (χ0) is 12.2. The summed E-state index contributed by atoms with van der Waals surface area (Å²) in [7, 11) is -3.45. The molecule has 17 heavy (non-hydrogen) atoms. The van der Waals surface area contributed by atoms with Crippen molar-refractivity contribution in [2.45, 2.75) is 37.8 Å². The molecule has 2 aliphatic carbocycles. The molecule has 2 aliphatic heterocycles. The van der Waals surface area contributed by atoms with Crippen LogP contribution in [-0.2, 0) is 19.1 Å². The fourth-order valence-corrected chi connectivity index (χ4v) is 4.47. The molecule has 0 aromatic carbocycles. The number of hydrogen-bond donors (Lipinski definition) is 1. The number of amides is 1. The largest absolute Gasteiger partial charge is 0.350 e. The van der Waals surface area contributed by atoms with Crippen molar-refractivity contribution in [2.75, 3.05) is 6.26 Å². The molecular formula is C11H17NO4S. The molecular weight excluding hydrogens is 242 g/mol. The van der Waals surface area contributed by atoms with E-state index in [-0.39, 0.29) is 29.9 Å². The molecule has 2 saturated heterocycles. The summed E-state index contributed by atoms with van der Waals surface area (Å²) < 4.78 is 27.8. The third-order valence-corrected chi connectivity index (χ3v) is 4.85. The Labute approximate surface area is 101 Å². The number of hydrogen-bond acceptors (Lipinski definition) is 4. The van der Waals surface area contributed by atoms with Gasteiger partial charge >= 0.3 is 0 Å². The van der Waals surface area contributed by atoms with Crippen LogP contribution >= 0.6 is 0 Å². The minimum absolute atomic E-state index is 0.0666. The Bertz CT molecular complexity index is 446. The summed E-state index contributed by atoms with van der Waals surface area (Å²) in [5.74, 6) is 0.923. The van der Waals surface area contributed by atoms with Crippen LogP contribution in [0.25, 0.3) is 0 Å². The van der Waals surface area contributed by atoms with Gasteiger partial charge in [0.2, 0.25) is 5.91 Å². The van der Waals surface area contributed by atoms with Crippen LogP contribution in [0, 0.1) is 17.8 Å². The molecule has 5 atom stereocenters. The normalized spacial score (nSPS) is 44.5. The number of fused-ring (bicyclic) bond motifs is 1. The van der Waals surface area contributed by atoms with E-state index in [1.54, 1.807) is 0 Å².